The molecule has 0 saturated heterocycles. The zero-order valence-electron chi connectivity index (χ0n) is 10.3. The van der Waals surface area contributed by atoms with Crippen molar-refractivity contribution < 1.29 is 9.47 Å². The van der Waals surface area contributed by atoms with Gasteiger partial charge in [0, 0.05) is 0 Å². The molecule has 92 valence electrons. The third kappa shape index (κ3) is 2.00. The van der Waals surface area contributed by atoms with Gasteiger partial charge in [-0.25, -0.2) is 0 Å². The Balaban J connectivity index is 1.89. The number of hydrogen-bond acceptors (Lipinski definition) is 3. The number of nitrogens with two attached hydrogens (primary N) is 1. The molecular weight excluding hydrogens is 214 g/mol. The Kier molecular flexibility index (Phi) is 2.51. The second-order valence-electron chi connectivity index (χ2n) is 5.30. The fourth-order valence-electron chi connectivity index (χ4n) is 2.46. The molecule has 1 fully saturated rings. The van der Waals surface area contributed by atoms with Gasteiger partial charge in [0.05, 0.1) is 0 Å². The summed E-state index contributed by atoms with van der Waals surface area (Å²) in [6.45, 7) is 4.23. The average molecular weight is 233 g/mol. The standard InChI is InChI=1S/C14H19NO2/c1-10-6-12-13(17-5-4-16-12)7-11(10)8-14(9-15)2-3-14/h6-7H,2-5,8-9,15H2,1H3. The van der Waals surface area contributed by atoms with Gasteiger partial charge in [0.1, 0.15) is 13.2 Å². The Labute approximate surface area is 102 Å². The molecule has 1 aromatic rings. The predicted octanol–water partition coefficient (Wildman–Crippen LogP) is 2.05. The molecule has 0 spiro atoms. The Bertz CT molecular complexity index is 438. The zero-order chi connectivity index (χ0) is 11.9. The van der Waals surface area contributed by atoms with Gasteiger partial charge in [-0.3, -0.25) is 0 Å². The van der Waals surface area contributed by atoms with Crippen LogP contribution in [0.5, 0.6) is 11.5 Å². The van der Waals surface area contributed by atoms with Crippen LogP contribution in [0.1, 0.15) is 24.0 Å². The zero-order valence-corrected chi connectivity index (χ0v) is 10.3. The molecule has 1 saturated carbocycles. The predicted molar refractivity (Wildman–Crippen MR) is 66.6 cm³/mol. The Morgan fingerprint density at radius 2 is 1.82 bits per heavy atom. The highest BCUT2D eigenvalue weighted by molar-refractivity contribution is 5.48. The van der Waals surface area contributed by atoms with E-state index < -0.39 is 0 Å². The van der Waals surface area contributed by atoms with Crippen molar-refractivity contribution >= 4 is 0 Å². The topological polar surface area (TPSA) is 44.5 Å². The number of benzene rings is 1. The number of fused-ring (bicyclic) bond motifs is 1. The molecule has 1 aliphatic carbocycles. The maximum atomic E-state index is 5.85. The van der Waals surface area contributed by atoms with Crippen LogP contribution in [0.15, 0.2) is 12.1 Å². The molecule has 17 heavy (non-hydrogen) atoms. The van der Waals surface area contributed by atoms with Crippen molar-refractivity contribution in [2.75, 3.05) is 19.8 Å². The van der Waals surface area contributed by atoms with Crippen molar-refractivity contribution in [1.82, 2.24) is 0 Å². The minimum atomic E-state index is 0.370. The van der Waals surface area contributed by atoms with Gasteiger partial charge in [-0.05, 0) is 61.4 Å². The summed E-state index contributed by atoms with van der Waals surface area (Å²) in [6, 6.07) is 4.23. The maximum absolute atomic E-state index is 5.85. The van der Waals surface area contributed by atoms with Crippen LogP contribution in [-0.2, 0) is 6.42 Å². The average Bonchev–Trinajstić information content (AvgIpc) is 3.11. The van der Waals surface area contributed by atoms with Gasteiger partial charge in [-0.2, -0.15) is 0 Å². The van der Waals surface area contributed by atoms with Crippen molar-refractivity contribution in [1.29, 1.82) is 0 Å². The lowest BCUT2D eigenvalue weighted by Crippen LogP contribution is -2.19. The van der Waals surface area contributed by atoms with E-state index in [2.05, 4.69) is 19.1 Å². The molecule has 3 heteroatoms. The van der Waals surface area contributed by atoms with Gasteiger partial charge in [-0.1, -0.05) is 0 Å². The van der Waals surface area contributed by atoms with Crippen LogP contribution in [0.2, 0.25) is 0 Å². The summed E-state index contributed by atoms with van der Waals surface area (Å²) in [6.07, 6.45) is 3.60. The van der Waals surface area contributed by atoms with Crippen molar-refractivity contribution in [3.05, 3.63) is 23.3 Å². The Hall–Kier alpha value is -1.22. The number of ether oxygens (including phenoxy) is 2. The summed E-state index contributed by atoms with van der Waals surface area (Å²) < 4.78 is 11.2. The second kappa shape index (κ2) is 3.91. The van der Waals surface area contributed by atoms with E-state index in [9.17, 15) is 0 Å². The smallest absolute Gasteiger partial charge is 0.161 e. The Morgan fingerprint density at radius 1 is 1.18 bits per heavy atom. The summed E-state index contributed by atoms with van der Waals surface area (Å²) >= 11 is 0. The highest BCUT2D eigenvalue weighted by Crippen LogP contribution is 2.48. The number of rotatable bonds is 3. The lowest BCUT2D eigenvalue weighted by Gasteiger charge is -2.21. The van der Waals surface area contributed by atoms with E-state index in [0.29, 0.717) is 18.6 Å². The van der Waals surface area contributed by atoms with Gasteiger partial charge in [0.15, 0.2) is 11.5 Å². The molecule has 1 heterocycles. The summed E-state index contributed by atoms with van der Waals surface area (Å²) in [5.74, 6) is 1.78. The molecular formula is C14H19NO2. The van der Waals surface area contributed by atoms with Gasteiger partial charge in [0.25, 0.3) is 0 Å². The largest absolute Gasteiger partial charge is 0.486 e. The van der Waals surface area contributed by atoms with Crippen LogP contribution in [0.3, 0.4) is 0 Å². The fourth-order valence-corrected chi connectivity index (χ4v) is 2.46. The van der Waals surface area contributed by atoms with Crippen LogP contribution >= 0.6 is 0 Å². The molecule has 0 radical (unpaired) electrons. The summed E-state index contributed by atoms with van der Waals surface area (Å²) in [7, 11) is 0. The molecule has 2 aliphatic rings. The first-order valence-electron chi connectivity index (χ1n) is 6.32. The van der Waals surface area contributed by atoms with Crippen LogP contribution in [0, 0.1) is 12.3 Å². The first-order valence-corrected chi connectivity index (χ1v) is 6.32. The van der Waals surface area contributed by atoms with Gasteiger partial charge < -0.3 is 15.2 Å². The minimum absolute atomic E-state index is 0.370. The SMILES string of the molecule is Cc1cc2c(cc1CC1(CN)CC1)OCCO2. The second-order valence-corrected chi connectivity index (χ2v) is 5.30. The van der Waals surface area contributed by atoms with E-state index >= 15 is 0 Å². The first kappa shape index (κ1) is 10.9. The molecule has 3 rings (SSSR count). The van der Waals surface area contributed by atoms with E-state index in [1.54, 1.807) is 0 Å². The highest BCUT2D eigenvalue weighted by Gasteiger charge is 2.41. The summed E-state index contributed by atoms with van der Waals surface area (Å²) in [5, 5.41) is 0. The molecule has 1 aliphatic heterocycles. The van der Waals surface area contributed by atoms with Crippen molar-refractivity contribution in [3.63, 3.8) is 0 Å². The van der Waals surface area contributed by atoms with Gasteiger partial charge >= 0.3 is 0 Å². The molecule has 0 bridgehead atoms. The monoisotopic (exact) mass is 233 g/mol. The third-order valence-electron chi connectivity index (χ3n) is 3.96. The lowest BCUT2D eigenvalue weighted by molar-refractivity contribution is 0.171. The quantitative estimate of drug-likeness (QED) is 0.869. The van der Waals surface area contributed by atoms with Gasteiger partial charge in [-0.15, -0.1) is 0 Å². The molecule has 0 amide bonds. The number of hydrogen-bond donors (Lipinski definition) is 1. The highest BCUT2D eigenvalue weighted by atomic mass is 16.6. The molecule has 0 aromatic heterocycles. The summed E-state index contributed by atoms with van der Waals surface area (Å²) in [4.78, 5) is 0. The molecule has 2 N–H and O–H groups in total. The minimum Gasteiger partial charge on any atom is -0.486 e. The fraction of sp³-hybridized carbons (Fsp3) is 0.571. The van der Waals surface area contributed by atoms with Crippen molar-refractivity contribution in [3.8, 4) is 11.5 Å². The number of aryl methyl sites for hydroxylation is 1. The molecule has 0 atom stereocenters. The van der Waals surface area contributed by atoms with Crippen LogP contribution < -0.4 is 15.2 Å². The van der Waals surface area contributed by atoms with Crippen LogP contribution in [0.25, 0.3) is 0 Å². The molecule has 3 nitrogen and oxygen atoms in total. The normalized spacial score (nSPS) is 20.1. The van der Waals surface area contributed by atoms with Crippen LogP contribution in [0.4, 0.5) is 0 Å². The summed E-state index contributed by atoms with van der Waals surface area (Å²) in [5.41, 5.74) is 8.86. The lowest BCUT2D eigenvalue weighted by atomic mass is 9.93. The van der Waals surface area contributed by atoms with E-state index in [-0.39, 0.29) is 0 Å². The molecule has 0 unspecified atom stereocenters. The first-order chi connectivity index (χ1) is 8.22. The maximum Gasteiger partial charge on any atom is 0.161 e. The van der Waals surface area contributed by atoms with Crippen molar-refractivity contribution in [2.45, 2.75) is 26.2 Å². The van der Waals surface area contributed by atoms with E-state index in [4.69, 9.17) is 15.2 Å². The van der Waals surface area contributed by atoms with E-state index in [1.165, 1.54) is 24.0 Å². The van der Waals surface area contributed by atoms with Gasteiger partial charge in [0.2, 0.25) is 0 Å². The van der Waals surface area contributed by atoms with E-state index in [0.717, 1.165) is 24.5 Å². The van der Waals surface area contributed by atoms with Crippen LogP contribution in [-0.4, -0.2) is 19.8 Å². The van der Waals surface area contributed by atoms with E-state index in [1.807, 2.05) is 0 Å². The molecule has 1 aromatic carbocycles. The third-order valence-corrected chi connectivity index (χ3v) is 3.96. The van der Waals surface area contributed by atoms with Crippen molar-refractivity contribution in [2.24, 2.45) is 11.1 Å². The Morgan fingerprint density at radius 3 is 2.41 bits per heavy atom.